The minimum atomic E-state index is -0.565. The van der Waals surface area contributed by atoms with Crippen LogP contribution >= 0.6 is 0 Å². The largest absolute Gasteiger partial charge is 0.497 e. The number of amides is 1. The molecule has 4 rings (SSSR count). The maximum atomic E-state index is 13.5. The molecule has 1 N–H and O–H groups in total. The van der Waals surface area contributed by atoms with E-state index in [4.69, 9.17) is 4.74 Å². The molecule has 0 fully saturated rings. The lowest BCUT2D eigenvalue weighted by atomic mass is 10.1. The number of ether oxygens (including phenoxy) is 1. The summed E-state index contributed by atoms with van der Waals surface area (Å²) in [5, 5.41) is 2.80. The average molecular weight is 490 g/mol. The Balaban J connectivity index is 1.67. The normalized spacial score (nSPS) is 11.2. The number of nitrogens with one attached hydrogen (secondary N) is 1. The topological polar surface area (TPSA) is 100 Å². The number of methoxy groups -OCH3 is 1. The highest BCUT2D eigenvalue weighted by molar-refractivity contribution is 5.76. The van der Waals surface area contributed by atoms with Crippen LogP contribution in [0.15, 0.2) is 70.5 Å². The first-order valence-electron chi connectivity index (χ1n) is 12.0. The van der Waals surface area contributed by atoms with Gasteiger partial charge in [0.2, 0.25) is 5.91 Å². The third-order valence-corrected chi connectivity index (χ3v) is 6.06. The first kappa shape index (κ1) is 25.0. The van der Waals surface area contributed by atoms with Gasteiger partial charge in [0.15, 0.2) is 11.2 Å². The van der Waals surface area contributed by atoms with Crippen LogP contribution in [-0.4, -0.2) is 31.7 Å². The second-order valence-corrected chi connectivity index (χ2v) is 9.16. The molecule has 0 unspecified atom stereocenters. The standard InChI is InChI=1S/C27H31N5O4/c1-19(2)13-14-30-18-29-25-24(30)26(34)32(27(35)31(25)16-21-7-5-4-6-8-21)17-23(33)28-15-20-9-11-22(36-3)12-10-20/h4-12,18-19H,13-17H2,1-3H3,(H,28,33). The van der Waals surface area contributed by atoms with Gasteiger partial charge in [-0.25, -0.2) is 14.3 Å². The lowest BCUT2D eigenvalue weighted by molar-refractivity contribution is -0.121. The number of rotatable bonds is 10. The molecule has 1 amide bonds. The molecule has 9 nitrogen and oxygen atoms in total. The first-order chi connectivity index (χ1) is 17.4. The van der Waals surface area contributed by atoms with Crippen molar-refractivity contribution in [2.45, 2.75) is 46.4 Å². The van der Waals surface area contributed by atoms with Crippen LogP contribution < -0.4 is 21.3 Å². The number of imidazole rings is 1. The van der Waals surface area contributed by atoms with Crippen LogP contribution in [-0.2, 0) is 31.0 Å². The second kappa shape index (κ2) is 11.1. The van der Waals surface area contributed by atoms with Crippen molar-refractivity contribution in [2.24, 2.45) is 5.92 Å². The fourth-order valence-corrected chi connectivity index (χ4v) is 4.00. The van der Waals surface area contributed by atoms with Crippen LogP contribution in [0, 0.1) is 5.92 Å². The molecule has 0 spiro atoms. The predicted octanol–water partition coefficient (Wildman–Crippen LogP) is 2.78. The summed E-state index contributed by atoms with van der Waals surface area (Å²) in [6.07, 6.45) is 2.45. The summed E-state index contributed by atoms with van der Waals surface area (Å²) in [5.41, 5.74) is 1.35. The Kier molecular flexibility index (Phi) is 7.68. The first-order valence-corrected chi connectivity index (χ1v) is 12.0. The summed E-state index contributed by atoms with van der Waals surface area (Å²) in [5.74, 6) is 0.727. The molecule has 36 heavy (non-hydrogen) atoms. The van der Waals surface area contributed by atoms with Gasteiger partial charge in [-0.05, 0) is 35.6 Å². The predicted molar refractivity (Wildman–Crippen MR) is 138 cm³/mol. The lowest BCUT2D eigenvalue weighted by Gasteiger charge is -2.13. The Bertz CT molecular complexity index is 1450. The number of hydrogen-bond acceptors (Lipinski definition) is 5. The van der Waals surface area contributed by atoms with E-state index in [0.717, 1.165) is 27.9 Å². The Hall–Kier alpha value is -4.14. The van der Waals surface area contributed by atoms with Crippen LogP contribution in [0.3, 0.4) is 0 Å². The van der Waals surface area contributed by atoms with Gasteiger partial charge < -0.3 is 14.6 Å². The summed E-state index contributed by atoms with van der Waals surface area (Å²) in [6, 6.07) is 16.8. The zero-order chi connectivity index (χ0) is 25.7. The maximum absolute atomic E-state index is 13.5. The molecule has 2 aromatic carbocycles. The molecule has 0 aliphatic heterocycles. The van der Waals surface area contributed by atoms with E-state index in [2.05, 4.69) is 24.1 Å². The number of nitrogens with zero attached hydrogens (tertiary/aromatic N) is 4. The quantitative estimate of drug-likeness (QED) is 0.369. The number of aryl methyl sites for hydroxylation is 1. The summed E-state index contributed by atoms with van der Waals surface area (Å²) >= 11 is 0. The summed E-state index contributed by atoms with van der Waals surface area (Å²) in [4.78, 5) is 44.1. The highest BCUT2D eigenvalue weighted by Gasteiger charge is 2.20. The van der Waals surface area contributed by atoms with E-state index in [-0.39, 0.29) is 19.6 Å². The van der Waals surface area contributed by atoms with Gasteiger partial charge in [-0.15, -0.1) is 0 Å². The van der Waals surface area contributed by atoms with Crippen molar-refractivity contribution in [3.8, 4) is 5.75 Å². The van der Waals surface area contributed by atoms with Crippen molar-refractivity contribution in [2.75, 3.05) is 7.11 Å². The molecular formula is C27H31N5O4. The van der Waals surface area contributed by atoms with Gasteiger partial charge in [-0.3, -0.25) is 14.2 Å². The highest BCUT2D eigenvalue weighted by Crippen LogP contribution is 2.13. The molecule has 0 bridgehead atoms. The molecule has 2 heterocycles. The molecule has 0 aliphatic carbocycles. The van der Waals surface area contributed by atoms with Gasteiger partial charge >= 0.3 is 5.69 Å². The van der Waals surface area contributed by atoms with Gasteiger partial charge in [-0.2, -0.15) is 0 Å². The smallest absolute Gasteiger partial charge is 0.333 e. The lowest BCUT2D eigenvalue weighted by Crippen LogP contribution is -2.44. The van der Waals surface area contributed by atoms with Crippen LogP contribution in [0.2, 0.25) is 0 Å². The summed E-state index contributed by atoms with van der Waals surface area (Å²) in [7, 11) is 1.59. The van der Waals surface area contributed by atoms with Gasteiger partial charge in [-0.1, -0.05) is 56.3 Å². The Morgan fingerprint density at radius 3 is 2.39 bits per heavy atom. The zero-order valence-electron chi connectivity index (χ0n) is 20.8. The van der Waals surface area contributed by atoms with Crippen molar-refractivity contribution < 1.29 is 9.53 Å². The molecule has 0 saturated heterocycles. The third kappa shape index (κ3) is 5.56. The molecule has 4 aromatic rings. The van der Waals surface area contributed by atoms with E-state index in [1.807, 2.05) is 42.5 Å². The maximum Gasteiger partial charge on any atom is 0.333 e. The summed E-state index contributed by atoms with van der Waals surface area (Å²) < 4.78 is 9.40. The molecule has 9 heteroatoms. The monoisotopic (exact) mass is 489 g/mol. The zero-order valence-corrected chi connectivity index (χ0v) is 20.8. The van der Waals surface area contributed by atoms with E-state index in [0.29, 0.717) is 23.6 Å². The molecule has 0 radical (unpaired) electrons. The number of aromatic nitrogens is 4. The van der Waals surface area contributed by atoms with Gasteiger partial charge in [0, 0.05) is 13.1 Å². The molecule has 2 aromatic heterocycles. The van der Waals surface area contributed by atoms with E-state index < -0.39 is 17.2 Å². The number of fused-ring (bicyclic) bond motifs is 1. The molecule has 0 atom stereocenters. The van der Waals surface area contributed by atoms with E-state index in [1.54, 1.807) is 30.1 Å². The molecular weight excluding hydrogens is 458 g/mol. The van der Waals surface area contributed by atoms with Crippen molar-refractivity contribution in [3.63, 3.8) is 0 Å². The van der Waals surface area contributed by atoms with Crippen molar-refractivity contribution in [1.29, 1.82) is 0 Å². The molecule has 0 aliphatic rings. The fraction of sp³-hybridized carbons (Fsp3) is 0.333. The highest BCUT2D eigenvalue weighted by atomic mass is 16.5. The Morgan fingerprint density at radius 2 is 1.72 bits per heavy atom. The number of benzene rings is 2. The minimum Gasteiger partial charge on any atom is -0.497 e. The fourth-order valence-electron chi connectivity index (χ4n) is 4.00. The molecule has 188 valence electrons. The van der Waals surface area contributed by atoms with Crippen LogP contribution in [0.5, 0.6) is 5.75 Å². The number of carbonyl (C=O) groups is 1. The van der Waals surface area contributed by atoms with Crippen molar-refractivity contribution >= 4 is 17.1 Å². The van der Waals surface area contributed by atoms with E-state index in [1.165, 1.54) is 4.57 Å². The third-order valence-electron chi connectivity index (χ3n) is 6.06. The number of carbonyl (C=O) groups excluding carboxylic acids is 1. The minimum absolute atomic E-state index is 0.241. The van der Waals surface area contributed by atoms with Crippen LogP contribution in [0.4, 0.5) is 0 Å². The summed E-state index contributed by atoms with van der Waals surface area (Å²) in [6.45, 7) is 4.94. The van der Waals surface area contributed by atoms with Crippen LogP contribution in [0.1, 0.15) is 31.4 Å². The van der Waals surface area contributed by atoms with Gasteiger partial charge in [0.25, 0.3) is 5.56 Å². The van der Waals surface area contributed by atoms with Gasteiger partial charge in [0.05, 0.1) is 20.0 Å². The van der Waals surface area contributed by atoms with Crippen molar-refractivity contribution in [1.82, 2.24) is 24.0 Å². The number of hydrogen-bond donors (Lipinski definition) is 1. The van der Waals surface area contributed by atoms with Crippen LogP contribution in [0.25, 0.3) is 11.2 Å². The average Bonchev–Trinajstić information content (AvgIpc) is 3.31. The van der Waals surface area contributed by atoms with E-state index >= 15 is 0 Å². The Morgan fingerprint density at radius 1 is 1.00 bits per heavy atom. The molecule has 0 saturated carbocycles. The Labute approximate surface area is 209 Å². The SMILES string of the molecule is COc1ccc(CNC(=O)Cn2c(=O)c3c(ncn3CCC(C)C)n(Cc3ccccc3)c2=O)cc1. The van der Waals surface area contributed by atoms with Crippen molar-refractivity contribution in [3.05, 3.63) is 92.9 Å². The van der Waals surface area contributed by atoms with Gasteiger partial charge in [0.1, 0.15) is 12.3 Å². The second-order valence-electron chi connectivity index (χ2n) is 9.16. The van der Waals surface area contributed by atoms with E-state index in [9.17, 15) is 14.4 Å².